The third-order valence-electron chi connectivity index (χ3n) is 3.95. The first-order chi connectivity index (χ1) is 7.84. The Kier molecular flexibility index (Phi) is 7.23. The van der Waals surface area contributed by atoms with Gasteiger partial charge in [-0.1, -0.05) is 34.1 Å². The fourth-order valence-corrected chi connectivity index (χ4v) is 2.74. The Balaban J connectivity index is 0.00000289. The topological polar surface area (TPSA) is 55.1 Å². The van der Waals surface area contributed by atoms with Crippen LogP contribution in [0.5, 0.6) is 0 Å². The normalized spacial score (nSPS) is 25.4. The highest BCUT2D eigenvalue weighted by atomic mass is 35.5. The van der Waals surface area contributed by atoms with Crippen LogP contribution < -0.4 is 11.1 Å². The summed E-state index contributed by atoms with van der Waals surface area (Å²) in [5, 5.41) is 3.16. The Hall–Kier alpha value is -0.280. The van der Waals surface area contributed by atoms with Gasteiger partial charge in [0, 0.05) is 18.5 Å². The summed E-state index contributed by atoms with van der Waals surface area (Å²) in [5.74, 6) is 0.571. The molecule has 1 fully saturated rings. The van der Waals surface area contributed by atoms with Gasteiger partial charge in [0.1, 0.15) is 0 Å². The molecule has 0 aliphatic heterocycles. The fraction of sp³-hybridized carbons (Fsp3) is 0.929. The number of nitrogens with two attached hydrogens (primary N) is 1. The molecule has 0 bridgehead atoms. The number of carbonyl (C=O) groups is 1. The van der Waals surface area contributed by atoms with E-state index in [0.29, 0.717) is 12.3 Å². The van der Waals surface area contributed by atoms with Crippen molar-refractivity contribution in [1.82, 2.24) is 5.32 Å². The lowest BCUT2D eigenvalue weighted by Crippen LogP contribution is -2.44. The van der Waals surface area contributed by atoms with Crippen molar-refractivity contribution in [3.05, 3.63) is 0 Å². The molecule has 0 aromatic heterocycles. The molecule has 1 aliphatic carbocycles. The molecule has 108 valence electrons. The van der Waals surface area contributed by atoms with Gasteiger partial charge in [-0.2, -0.15) is 0 Å². The van der Waals surface area contributed by atoms with E-state index in [1.165, 1.54) is 6.42 Å². The van der Waals surface area contributed by atoms with Crippen molar-refractivity contribution >= 4 is 18.3 Å². The minimum atomic E-state index is 0. The summed E-state index contributed by atoms with van der Waals surface area (Å²) in [6, 6.07) is 0.489. The van der Waals surface area contributed by atoms with E-state index in [-0.39, 0.29) is 35.8 Å². The Morgan fingerprint density at radius 1 is 1.39 bits per heavy atom. The van der Waals surface area contributed by atoms with Crippen molar-refractivity contribution in [3.8, 4) is 0 Å². The van der Waals surface area contributed by atoms with Gasteiger partial charge in [0.05, 0.1) is 0 Å². The average Bonchev–Trinajstić information content (AvgIpc) is 2.59. The Morgan fingerprint density at radius 2 is 2.00 bits per heavy atom. The lowest BCUT2D eigenvalue weighted by Gasteiger charge is -2.31. The van der Waals surface area contributed by atoms with Gasteiger partial charge in [-0.15, -0.1) is 12.4 Å². The van der Waals surface area contributed by atoms with Gasteiger partial charge in [0.15, 0.2) is 0 Å². The standard InChI is InChI=1S/C14H28N2O.ClH/c1-5-12(14(2,3)4)16-13(17)9-10-7-6-8-11(10)15;/h10-12H,5-9,15H2,1-4H3,(H,16,17);1H/t10-,11+,12?;/m0./s1. The van der Waals surface area contributed by atoms with Gasteiger partial charge in [-0.3, -0.25) is 4.79 Å². The van der Waals surface area contributed by atoms with Crippen LogP contribution in [-0.4, -0.2) is 18.0 Å². The molecule has 0 radical (unpaired) electrons. The Morgan fingerprint density at radius 3 is 2.39 bits per heavy atom. The van der Waals surface area contributed by atoms with E-state index in [9.17, 15) is 4.79 Å². The SMILES string of the molecule is CCC(NC(=O)C[C@@H]1CCC[C@H]1N)C(C)(C)C.Cl. The number of hydrogen-bond acceptors (Lipinski definition) is 2. The Labute approximate surface area is 118 Å². The van der Waals surface area contributed by atoms with Crippen molar-refractivity contribution in [2.45, 2.75) is 71.9 Å². The summed E-state index contributed by atoms with van der Waals surface area (Å²) in [4.78, 5) is 12.0. The third-order valence-corrected chi connectivity index (χ3v) is 3.95. The molecule has 0 aromatic rings. The van der Waals surface area contributed by atoms with Crippen molar-refractivity contribution in [3.63, 3.8) is 0 Å². The van der Waals surface area contributed by atoms with Crippen LogP contribution in [0.2, 0.25) is 0 Å². The third kappa shape index (κ3) is 5.15. The van der Waals surface area contributed by atoms with Crippen molar-refractivity contribution < 1.29 is 4.79 Å². The second kappa shape index (κ2) is 7.34. The van der Waals surface area contributed by atoms with Crippen LogP contribution in [0.15, 0.2) is 0 Å². The van der Waals surface area contributed by atoms with Crippen molar-refractivity contribution in [1.29, 1.82) is 0 Å². The summed E-state index contributed by atoms with van der Waals surface area (Å²) in [6.45, 7) is 8.63. The lowest BCUT2D eigenvalue weighted by molar-refractivity contribution is -0.123. The molecule has 3 atom stereocenters. The largest absolute Gasteiger partial charge is 0.353 e. The number of rotatable bonds is 4. The van der Waals surface area contributed by atoms with E-state index in [0.717, 1.165) is 19.3 Å². The van der Waals surface area contributed by atoms with Gasteiger partial charge in [-0.25, -0.2) is 0 Å². The smallest absolute Gasteiger partial charge is 0.220 e. The zero-order chi connectivity index (χ0) is 13.1. The highest BCUT2D eigenvalue weighted by molar-refractivity contribution is 5.85. The maximum atomic E-state index is 12.0. The molecular weight excluding hydrogens is 248 g/mol. The van der Waals surface area contributed by atoms with E-state index in [1.807, 2.05) is 0 Å². The average molecular weight is 277 g/mol. The van der Waals surface area contributed by atoms with Crippen LogP contribution in [0.4, 0.5) is 0 Å². The summed E-state index contributed by atoms with van der Waals surface area (Å²) in [5.41, 5.74) is 6.12. The summed E-state index contributed by atoms with van der Waals surface area (Å²) in [6.07, 6.45) is 4.95. The van der Waals surface area contributed by atoms with Gasteiger partial charge in [-0.05, 0) is 30.6 Å². The quantitative estimate of drug-likeness (QED) is 0.830. The highest BCUT2D eigenvalue weighted by Crippen LogP contribution is 2.27. The number of halogens is 1. The van der Waals surface area contributed by atoms with Crippen LogP contribution >= 0.6 is 12.4 Å². The molecule has 0 spiro atoms. The number of hydrogen-bond donors (Lipinski definition) is 2. The minimum absolute atomic E-state index is 0. The Bertz CT molecular complexity index is 263. The first kappa shape index (κ1) is 17.7. The molecule has 0 heterocycles. The summed E-state index contributed by atoms with van der Waals surface area (Å²) >= 11 is 0. The van der Waals surface area contributed by atoms with Crippen molar-refractivity contribution in [2.75, 3.05) is 0 Å². The van der Waals surface area contributed by atoms with E-state index in [1.54, 1.807) is 0 Å². The van der Waals surface area contributed by atoms with Crippen LogP contribution in [0, 0.1) is 11.3 Å². The predicted octanol–water partition coefficient (Wildman–Crippen LogP) is 2.87. The first-order valence-corrected chi connectivity index (χ1v) is 6.89. The molecule has 1 saturated carbocycles. The summed E-state index contributed by atoms with van der Waals surface area (Å²) in [7, 11) is 0. The molecule has 4 heteroatoms. The monoisotopic (exact) mass is 276 g/mol. The maximum absolute atomic E-state index is 12.0. The highest BCUT2D eigenvalue weighted by Gasteiger charge is 2.29. The molecular formula is C14H29ClN2O. The second-order valence-electron chi connectivity index (χ2n) is 6.45. The zero-order valence-electron chi connectivity index (χ0n) is 12.2. The van der Waals surface area contributed by atoms with E-state index in [4.69, 9.17) is 5.73 Å². The van der Waals surface area contributed by atoms with Gasteiger partial charge < -0.3 is 11.1 Å². The molecule has 1 amide bonds. The molecule has 1 unspecified atom stereocenters. The zero-order valence-corrected chi connectivity index (χ0v) is 13.0. The lowest BCUT2D eigenvalue weighted by atomic mass is 9.85. The summed E-state index contributed by atoms with van der Waals surface area (Å²) < 4.78 is 0. The van der Waals surface area contributed by atoms with Gasteiger partial charge in [0.25, 0.3) is 0 Å². The van der Waals surface area contributed by atoms with Crippen LogP contribution in [0.1, 0.15) is 59.8 Å². The first-order valence-electron chi connectivity index (χ1n) is 6.89. The van der Waals surface area contributed by atoms with Crippen molar-refractivity contribution in [2.24, 2.45) is 17.1 Å². The number of amides is 1. The van der Waals surface area contributed by atoms with Gasteiger partial charge >= 0.3 is 0 Å². The number of nitrogens with one attached hydrogen (secondary N) is 1. The van der Waals surface area contributed by atoms with E-state index in [2.05, 4.69) is 33.0 Å². The van der Waals surface area contributed by atoms with Crippen LogP contribution in [-0.2, 0) is 4.79 Å². The molecule has 0 saturated heterocycles. The fourth-order valence-electron chi connectivity index (χ4n) is 2.74. The minimum Gasteiger partial charge on any atom is -0.353 e. The molecule has 1 aliphatic rings. The molecule has 3 nitrogen and oxygen atoms in total. The van der Waals surface area contributed by atoms with Gasteiger partial charge in [0.2, 0.25) is 5.91 Å². The molecule has 3 N–H and O–H groups in total. The predicted molar refractivity (Wildman–Crippen MR) is 78.9 cm³/mol. The molecule has 1 rings (SSSR count). The van der Waals surface area contributed by atoms with E-state index < -0.39 is 0 Å². The van der Waals surface area contributed by atoms with Crippen LogP contribution in [0.3, 0.4) is 0 Å². The molecule has 18 heavy (non-hydrogen) atoms. The second-order valence-corrected chi connectivity index (χ2v) is 6.45. The maximum Gasteiger partial charge on any atom is 0.220 e. The molecule has 0 aromatic carbocycles. The van der Waals surface area contributed by atoms with E-state index >= 15 is 0 Å². The number of carbonyl (C=O) groups excluding carboxylic acids is 1. The van der Waals surface area contributed by atoms with Crippen LogP contribution in [0.25, 0.3) is 0 Å².